The first-order valence-electron chi connectivity index (χ1n) is 4.03. The monoisotopic (exact) mass is 166 g/mol. The van der Waals surface area contributed by atoms with Gasteiger partial charge < -0.3 is 10.6 Å². The van der Waals surface area contributed by atoms with E-state index in [-0.39, 0.29) is 0 Å². The minimum atomic E-state index is 0.494. The van der Waals surface area contributed by atoms with Gasteiger partial charge in [-0.05, 0) is 6.42 Å². The maximum Gasteiger partial charge on any atom is 0.171 e. The summed E-state index contributed by atoms with van der Waals surface area (Å²) < 4.78 is 0. The largest absolute Gasteiger partial charge is 0.381 e. The lowest BCUT2D eigenvalue weighted by molar-refractivity contribution is 0.836. The van der Waals surface area contributed by atoms with Crippen LogP contribution >= 0.6 is 0 Å². The van der Waals surface area contributed by atoms with Crippen molar-refractivity contribution in [2.24, 2.45) is 0 Å². The third kappa shape index (κ3) is 1.84. The quantitative estimate of drug-likeness (QED) is 0.725. The lowest BCUT2D eigenvalue weighted by Gasteiger charge is -2.17. The molecule has 0 aliphatic heterocycles. The van der Waals surface area contributed by atoms with Gasteiger partial charge in [-0.25, -0.2) is 9.97 Å². The van der Waals surface area contributed by atoms with Crippen LogP contribution in [0, 0.1) is 0 Å². The lowest BCUT2D eigenvalue weighted by atomic mass is 10.4. The summed E-state index contributed by atoms with van der Waals surface area (Å²) in [5.41, 5.74) is 5.64. The molecule has 0 aromatic carbocycles. The first kappa shape index (κ1) is 8.77. The summed E-state index contributed by atoms with van der Waals surface area (Å²) in [6, 6.07) is 0. The van der Waals surface area contributed by atoms with Crippen LogP contribution in [0.25, 0.3) is 0 Å². The summed E-state index contributed by atoms with van der Waals surface area (Å²) in [4.78, 5) is 10.1. The number of nitrogens with two attached hydrogens (primary N) is 1. The number of nitrogens with zero attached hydrogens (tertiary/aromatic N) is 3. The Bertz CT molecular complexity index is 249. The highest BCUT2D eigenvalue weighted by Crippen LogP contribution is 2.14. The number of hydrogen-bond acceptors (Lipinski definition) is 4. The molecule has 0 bridgehead atoms. The van der Waals surface area contributed by atoms with Crippen molar-refractivity contribution in [2.75, 3.05) is 24.2 Å². The zero-order valence-electron chi connectivity index (χ0n) is 7.49. The summed E-state index contributed by atoms with van der Waals surface area (Å²) in [6.07, 6.45) is 4.32. The van der Waals surface area contributed by atoms with E-state index < -0.39 is 0 Å². The van der Waals surface area contributed by atoms with E-state index in [0.29, 0.717) is 5.82 Å². The van der Waals surface area contributed by atoms with Gasteiger partial charge in [0.1, 0.15) is 0 Å². The van der Waals surface area contributed by atoms with Gasteiger partial charge in [0, 0.05) is 26.0 Å². The first-order chi connectivity index (χ1) is 5.75. The van der Waals surface area contributed by atoms with Crippen LogP contribution in [0.15, 0.2) is 12.4 Å². The van der Waals surface area contributed by atoms with Crippen molar-refractivity contribution in [2.45, 2.75) is 13.3 Å². The number of hydrogen-bond donors (Lipinski definition) is 1. The van der Waals surface area contributed by atoms with Crippen LogP contribution in [0.3, 0.4) is 0 Å². The van der Waals surface area contributed by atoms with Crippen LogP contribution in [0.2, 0.25) is 0 Å². The molecule has 1 aromatic heterocycles. The van der Waals surface area contributed by atoms with Crippen molar-refractivity contribution in [3.63, 3.8) is 0 Å². The smallest absolute Gasteiger partial charge is 0.171 e. The molecule has 0 amide bonds. The molecule has 1 aromatic rings. The van der Waals surface area contributed by atoms with Gasteiger partial charge in [0.15, 0.2) is 11.6 Å². The van der Waals surface area contributed by atoms with Gasteiger partial charge in [-0.3, -0.25) is 0 Å². The standard InChI is InChI=1S/C8H14N4/c1-3-6-12(2)8-7(9)10-4-5-11-8/h4-5H,3,6H2,1-2H3,(H2,9,10). The first-order valence-corrected chi connectivity index (χ1v) is 4.03. The van der Waals surface area contributed by atoms with E-state index in [2.05, 4.69) is 16.9 Å². The number of nitrogen functional groups attached to an aromatic ring is 1. The van der Waals surface area contributed by atoms with E-state index >= 15 is 0 Å². The molecule has 0 radical (unpaired) electrons. The van der Waals surface area contributed by atoms with Crippen molar-refractivity contribution in [3.05, 3.63) is 12.4 Å². The van der Waals surface area contributed by atoms with Crippen LogP contribution in [-0.2, 0) is 0 Å². The summed E-state index contributed by atoms with van der Waals surface area (Å²) in [5, 5.41) is 0. The van der Waals surface area contributed by atoms with Gasteiger partial charge in [-0.2, -0.15) is 0 Å². The molecule has 66 valence electrons. The van der Waals surface area contributed by atoms with E-state index in [1.165, 1.54) is 0 Å². The molecule has 4 nitrogen and oxygen atoms in total. The molecule has 0 atom stereocenters. The third-order valence-electron chi connectivity index (χ3n) is 1.63. The second-order valence-corrected chi connectivity index (χ2v) is 2.69. The number of anilines is 2. The highest BCUT2D eigenvalue weighted by Gasteiger charge is 2.04. The van der Waals surface area contributed by atoms with Crippen molar-refractivity contribution in [3.8, 4) is 0 Å². The van der Waals surface area contributed by atoms with E-state index in [1.54, 1.807) is 12.4 Å². The Morgan fingerprint density at radius 3 is 2.67 bits per heavy atom. The number of rotatable bonds is 3. The Morgan fingerprint density at radius 2 is 2.08 bits per heavy atom. The molecular formula is C8H14N4. The molecule has 1 rings (SSSR count). The van der Waals surface area contributed by atoms with Gasteiger partial charge >= 0.3 is 0 Å². The highest BCUT2D eigenvalue weighted by atomic mass is 15.2. The fourth-order valence-electron chi connectivity index (χ4n) is 1.08. The van der Waals surface area contributed by atoms with Crippen molar-refractivity contribution in [1.82, 2.24) is 9.97 Å². The Morgan fingerprint density at radius 1 is 1.42 bits per heavy atom. The molecule has 1 heterocycles. The maximum atomic E-state index is 5.64. The van der Waals surface area contributed by atoms with Crippen molar-refractivity contribution < 1.29 is 0 Å². The highest BCUT2D eigenvalue weighted by molar-refractivity contribution is 5.56. The molecule has 0 aliphatic rings. The molecule has 0 fully saturated rings. The van der Waals surface area contributed by atoms with E-state index in [4.69, 9.17) is 5.73 Å². The predicted octanol–water partition coefficient (Wildman–Crippen LogP) is 0.905. The van der Waals surface area contributed by atoms with Crippen molar-refractivity contribution >= 4 is 11.6 Å². The average molecular weight is 166 g/mol. The maximum absolute atomic E-state index is 5.64. The summed E-state index contributed by atoms with van der Waals surface area (Å²) in [7, 11) is 1.96. The van der Waals surface area contributed by atoms with Crippen LogP contribution in [0.1, 0.15) is 13.3 Å². The second kappa shape index (κ2) is 3.90. The third-order valence-corrected chi connectivity index (χ3v) is 1.63. The van der Waals surface area contributed by atoms with E-state index in [0.717, 1.165) is 18.8 Å². The SMILES string of the molecule is CCCN(C)c1nccnc1N. The van der Waals surface area contributed by atoms with Crippen LogP contribution in [0.4, 0.5) is 11.6 Å². The van der Waals surface area contributed by atoms with Gasteiger partial charge in [0.2, 0.25) is 0 Å². The summed E-state index contributed by atoms with van der Waals surface area (Å²) in [5.74, 6) is 1.26. The normalized spacial score (nSPS) is 9.83. The molecule has 0 unspecified atom stereocenters. The summed E-state index contributed by atoms with van der Waals surface area (Å²) >= 11 is 0. The van der Waals surface area contributed by atoms with Crippen molar-refractivity contribution in [1.29, 1.82) is 0 Å². The van der Waals surface area contributed by atoms with Gasteiger partial charge in [0.05, 0.1) is 0 Å². The minimum Gasteiger partial charge on any atom is -0.381 e. The molecule has 12 heavy (non-hydrogen) atoms. The Labute approximate surface area is 72.4 Å². The predicted molar refractivity (Wildman–Crippen MR) is 50.0 cm³/mol. The van der Waals surface area contributed by atoms with E-state index in [9.17, 15) is 0 Å². The zero-order chi connectivity index (χ0) is 8.97. The number of aromatic nitrogens is 2. The van der Waals surface area contributed by atoms with Gasteiger partial charge in [-0.15, -0.1) is 0 Å². The van der Waals surface area contributed by atoms with Gasteiger partial charge in [0.25, 0.3) is 0 Å². The zero-order valence-corrected chi connectivity index (χ0v) is 7.49. The van der Waals surface area contributed by atoms with E-state index in [1.807, 2.05) is 11.9 Å². The Hall–Kier alpha value is -1.32. The van der Waals surface area contributed by atoms with Crippen LogP contribution in [0.5, 0.6) is 0 Å². The Kier molecular flexibility index (Phi) is 2.85. The lowest BCUT2D eigenvalue weighted by Crippen LogP contribution is -2.20. The second-order valence-electron chi connectivity index (χ2n) is 2.69. The molecule has 0 saturated carbocycles. The Balaban J connectivity index is 2.79. The molecule has 0 spiro atoms. The molecule has 0 saturated heterocycles. The van der Waals surface area contributed by atoms with Crippen LogP contribution < -0.4 is 10.6 Å². The molecule has 4 heteroatoms. The topological polar surface area (TPSA) is 55.0 Å². The minimum absolute atomic E-state index is 0.494. The van der Waals surface area contributed by atoms with Gasteiger partial charge in [-0.1, -0.05) is 6.92 Å². The average Bonchev–Trinajstić information content (AvgIpc) is 2.05. The fourth-order valence-corrected chi connectivity index (χ4v) is 1.08. The fraction of sp³-hybridized carbons (Fsp3) is 0.500. The molecular weight excluding hydrogens is 152 g/mol. The van der Waals surface area contributed by atoms with Crippen LogP contribution in [-0.4, -0.2) is 23.6 Å². The molecule has 2 N–H and O–H groups in total. The molecule has 0 aliphatic carbocycles. The summed E-state index contributed by atoms with van der Waals surface area (Å²) in [6.45, 7) is 3.06.